The molecule has 0 amide bonds. The molecule has 0 saturated heterocycles. The van der Waals surface area contributed by atoms with Crippen LogP contribution in [0.15, 0.2) is 39.4 Å². The molecule has 2 aromatic heterocycles. The van der Waals surface area contributed by atoms with Crippen molar-refractivity contribution in [2.24, 2.45) is 0 Å². The largest absolute Gasteiger partial charge is 0.423 e. The molecular weight excluding hydrogens is 284 g/mol. The van der Waals surface area contributed by atoms with Crippen LogP contribution < -0.4 is 4.74 Å². The van der Waals surface area contributed by atoms with Gasteiger partial charge in [-0.3, -0.25) is 0 Å². The first-order valence-electron chi connectivity index (χ1n) is 6.73. The zero-order valence-electron chi connectivity index (χ0n) is 12.4. The van der Waals surface area contributed by atoms with Gasteiger partial charge in [-0.15, -0.1) is 0 Å². The average molecular weight is 298 g/mol. The highest BCUT2D eigenvalue weighted by Crippen LogP contribution is 2.27. The van der Waals surface area contributed by atoms with E-state index in [-0.39, 0.29) is 11.3 Å². The van der Waals surface area contributed by atoms with Gasteiger partial charge in [-0.25, -0.2) is 4.79 Å². The molecule has 2 heterocycles. The molecule has 0 aliphatic carbocycles. The Labute approximate surface area is 126 Å². The minimum atomic E-state index is -0.543. The van der Waals surface area contributed by atoms with Crippen molar-refractivity contribution in [3.8, 4) is 17.2 Å². The van der Waals surface area contributed by atoms with Gasteiger partial charge in [-0.05, 0) is 32.9 Å². The molecule has 1 aromatic carbocycles. The van der Waals surface area contributed by atoms with Crippen molar-refractivity contribution in [1.82, 2.24) is 10.3 Å². The summed E-state index contributed by atoms with van der Waals surface area (Å²) in [5.74, 6) is 0.769. The number of aromatic nitrogens is 2. The second-order valence-electron chi connectivity index (χ2n) is 5.00. The van der Waals surface area contributed by atoms with Crippen LogP contribution in [-0.2, 0) is 0 Å². The molecule has 22 heavy (non-hydrogen) atoms. The minimum Gasteiger partial charge on any atom is -0.423 e. The Bertz CT molecular complexity index is 815. The summed E-state index contributed by atoms with van der Waals surface area (Å²) in [6, 6.07) is 8.87. The average Bonchev–Trinajstić information content (AvgIpc) is 3.07. The standard InChI is InChI=1S/C16H14N2O4/c1-9-4-6-12(7-5-9)20-16(19)14-11(3)17-22-15(14)13-8-10(2)21-18-13/h4-8H,1-3H3. The predicted molar refractivity (Wildman–Crippen MR) is 77.6 cm³/mol. The maximum absolute atomic E-state index is 12.4. The highest BCUT2D eigenvalue weighted by molar-refractivity contribution is 5.97. The summed E-state index contributed by atoms with van der Waals surface area (Å²) < 4.78 is 15.6. The summed E-state index contributed by atoms with van der Waals surface area (Å²) in [6.45, 7) is 5.39. The monoisotopic (exact) mass is 298 g/mol. The first kappa shape index (κ1) is 14.1. The van der Waals surface area contributed by atoms with E-state index < -0.39 is 5.97 Å². The van der Waals surface area contributed by atoms with E-state index in [1.807, 2.05) is 19.1 Å². The Morgan fingerprint density at radius 1 is 1.05 bits per heavy atom. The molecule has 0 spiro atoms. The maximum Gasteiger partial charge on any atom is 0.349 e. The van der Waals surface area contributed by atoms with Crippen molar-refractivity contribution in [1.29, 1.82) is 0 Å². The van der Waals surface area contributed by atoms with E-state index in [1.54, 1.807) is 32.0 Å². The van der Waals surface area contributed by atoms with Gasteiger partial charge in [-0.1, -0.05) is 28.0 Å². The molecule has 0 N–H and O–H groups in total. The van der Waals surface area contributed by atoms with E-state index in [9.17, 15) is 4.79 Å². The smallest absolute Gasteiger partial charge is 0.349 e. The lowest BCUT2D eigenvalue weighted by Gasteiger charge is -2.04. The summed E-state index contributed by atoms with van der Waals surface area (Å²) in [7, 11) is 0. The van der Waals surface area contributed by atoms with E-state index in [0.717, 1.165) is 5.56 Å². The van der Waals surface area contributed by atoms with E-state index in [2.05, 4.69) is 10.3 Å². The molecule has 0 radical (unpaired) electrons. The Hall–Kier alpha value is -2.89. The van der Waals surface area contributed by atoms with E-state index in [4.69, 9.17) is 13.8 Å². The Morgan fingerprint density at radius 3 is 2.41 bits per heavy atom. The highest BCUT2D eigenvalue weighted by atomic mass is 16.5. The van der Waals surface area contributed by atoms with Crippen LogP contribution in [0.4, 0.5) is 0 Å². The zero-order valence-corrected chi connectivity index (χ0v) is 12.4. The van der Waals surface area contributed by atoms with E-state index in [0.29, 0.717) is 22.9 Å². The quantitative estimate of drug-likeness (QED) is 0.544. The van der Waals surface area contributed by atoms with Crippen LogP contribution in [0.5, 0.6) is 5.75 Å². The SMILES string of the molecule is Cc1ccc(OC(=O)c2c(C)noc2-c2cc(C)on2)cc1. The molecule has 6 heteroatoms. The highest BCUT2D eigenvalue weighted by Gasteiger charge is 2.25. The third-order valence-electron chi connectivity index (χ3n) is 3.16. The Morgan fingerprint density at radius 2 is 1.77 bits per heavy atom. The van der Waals surface area contributed by atoms with Gasteiger partial charge in [0.05, 0.1) is 5.69 Å². The van der Waals surface area contributed by atoms with Gasteiger partial charge in [0.1, 0.15) is 17.1 Å². The molecule has 0 saturated carbocycles. The molecule has 6 nitrogen and oxygen atoms in total. The lowest BCUT2D eigenvalue weighted by Crippen LogP contribution is -2.10. The number of aryl methyl sites for hydroxylation is 3. The molecule has 0 fully saturated rings. The molecule has 112 valence electrons. The summed E-state index contributed by atoms with van der Waals surface area (Å²) in [5, 5.41) is 7.67. The fourth-order valence-electron chi connectivity index (χ4n) is 2.02. The van der Waals surface area contributed by atoms with Crippen molar-refractivity contribution < 1.29 is 18.6 Å². The number of rotatable bonds is 3. The van der Waals surface area contributed by atoms with Crippen LogP contribution in [0.1, 0.15) is 27.4 Å². The third-order valence-corrected chi connectivity index (χ3v) is 3.16. The number of hydrogen-bond donors (Lipinski definition) is 0. The second kappa shape index (κ2) is 5.48. The number of ether oxygens (including phenoxy) is 1. The van der Waals surface area contributed by atoms with Crippen LogP contribution in [0.2, 0.25) is 0 Å². The van der Waals surface area contributed by atoms with Crippen molar-refractivity contribution in [2.75, 3.05) is 0 Å². The van der Waals surface area contributed by atoms with Crippen molar-refractivity contribution in [2.45, 2.75) is 20.8 Å². The van der Waals surface area contributed by atoms with Crippen LogP contribution in [-0.4, -0.2) is 16.3 Å². The van der Waals surface area contributed by atoms with Gasteiger partial charge in [0.25, 0.3) is 0 Å². The molecule has 0 bridgehead atoms. The Kier molecular flexibility index (Phi) is 3.50. The lowest BCUT2D eigenvalue weighted by molar-refractivity contribution is 0.0734. The first-order chi connectivity index (χ1) is 10.5. The molecule has 0 aliphatic heterocycles. The van der Waals surface area contributed by atoms with Gasteiger partial charge in [0.15, 0.2) is 5.69 Å². The van der Waals surface area contributed by atoms with Gasteiger partial charge in [-0.2, -0.15) is 0 Å². The maximum atomic E-state index is 12.4. The van der Waals surface area contributed by atoms with E-state index >= 15 is 0 Å². The van der Waals surface area contributed by atoms with Crippen LogP contribution in [0.3, 0.4) is 0 Å². The van der Waals surface area contributed by atoms with Crippen molar-refractivity contribution >= 4 is 5.97 Å². The topological polar surface area (TPSA) is 78.4 Å². The number of carbonyl (C=O) groups excluding carboxylic acids is 1. The molecular formula is C16H14N2O4. The van der Waals surface area contributed by atoms with Crippen molar-refractivity contribution in [3.05, 3.63) is 52.9 Å². The normalized spacial score (nSPS) is 10.7. The summed E-state index contributed by atoms with van der Waals surface area (Å²) >= 11 is 0. The van der Waals surface area contributed by atoms with Crippen LogP contribution >= 0.6 is 0 Å². The van der Waals surface area contributed by atoms with E-state index in [1.165, 1.54) is 0 Å². The molecule has 3 aromatic rings. The number of esters is 1. The summed E-state index contributed by atoms with van der Waals surface area (Å²) in [4.78, 5) is 12.4. The second-order valence-corrected chi connectivity index (χ2v) is 5.00. The summed E-state index contributed by atoms with van der Waals surface area (Å²) in [5.41, 5.74) is 2.18. The molecule has 0 atom stereocenters. The zero-order chi connectivity index (χ0) is 15.7. The van der Waals surface area contributed by atoms with Crippen LogP contribution in [0, 0.1) is 20.8 Å². The number of carbonyl (C=O) groups is 1. The number of hydrogen-bond acceptors (Lipinski definition) is 6. The fraction of sp³-hybridized carbons (Fsp3) is 0.188. The number of benzene rings is 1. The lowest BCUT2D eigenvalue weighted by atomic mass is 10.1. The van der Waals surface area contributed by atoms with Crippen LogP contribution in [0.25, 0.3) is 11.5 Å². The molecule has 0 aliphatic rings. The van der Waals surface area contributed by atoms with Gasteiger partial charge < -0.3 is 13.8 Å². The van der Waals surface area contributed by atoms with Gasteiger partial charge >= 0.3 is 5.97 Å². The predicted octanol–water partition coefficient (Wildman–Crippen LogP) is 3.47. The van der Waals surface area contributed by atoms with Gasteiger partial charge in [0.2, 0.25) is 5.76 Å². The fourth-order valence-corrected chi connectivity index (χ4v) is 2.02. The summed E-state index contributed by atoms with van der Waals surface area (Å²) in [6.07, 6.45) is 0. The molecule has 3 rings (SSSR count). The number of nitrogens with zero attached hydrogens (tertiary/aromatic N) is 2. The van der Waals surface area contributed by atoms with Crippen molar-refractivity contribution in [3.63, 3.8) is 0 Å². The third kappa shape index (κ3) is 2.63. The first-order valence-corrected chi connectivity index (χ1v) is 6.73. The molecule has 0 unspecified atom stereocenters. The van der Waals surface area contributed by atoms with Gasteiger partial charge in [0, 0.05) is 6.07 Å². The minimum absolute atomic E-state index is 0.242. The Balaban J connectivity index is 1.92.